The van der Waals surface area contributed by atoms with E-state index in [1.807, 2.05) is 20.8 Å². The Bertz CT molecular complexity index is 499. The summed E-state index contributed by atoms with van der Waals surface area (Å²) in [5.41, 5.74) is 9.17. The molecular weight excluding hydrogens is 264 g/mol. The van der Waals surface area contributed by atoms with Gasteiger partial charge in [-0.2, -0.15) is 0 Å². The third-order valence-electron chi connectivity index (χ3n) is 3.67. The minimum Gasteiger partial charge on any atom is -0.480 e. The molecule has 1 aliphatic rings. The van der Waals surface area contributed by atoms with Gasteiger partial charge in [-0.25, -0.2) is 0 Å². The van der Waals surface area contributed by atoms with Gasteiger partial charge in [0, 0.05) is 12.1 Å². The van der Waals surface area contributed by atoms with Gasteiger partial charge in [0.2, 0.25) is 0 Å². The number of nitrogens with one attached hydrogen (secondary N) is 1. The van der Waals surface area contributed by atoms with E-state index in [-0.39, 0.29) is 11.9 Å². The molecule has 0 bridgehead atoms. The molecule has 1 aliphatic carbocycles. The normalized spacial score (nSPS) is 17.2. The Morgan fingerprint density at radius 3 is 2.38 bits per heavy atom. The summed E-state index contributed by atoms with van der Waals surface area (Å²) in [4.78, 5) is 12.0. The zero-order chi connectivity index (χ0) is 15.6. The van der Waals surface area contributed by atoms with Gasteiger partial charge in [-0.1, -0.05) is 12.1 Å². The lowest BCUT2D eigenvalue weighted by atomic mass is 10.0. The van der Waals surface area contributed by atoms with Gasteiger partial charge < -0.3 is 15.8 Å². The standard InChI is InChI=1S/C17H26N2O2/c1-10-7-14(9-12(3)18)8-11(2)16(10)21-13(4)17(20)19-15-5-6-15/h7-8,12-13,15H,5-6,9,18H2,1-4H3,(H,19,20). The van der Waals surface area contributed by atoms with Crippen molar-refractivity contribution >= 4 is 5.91 Å². The third-order valence-corrected chi connectivity index (χ3v) is 3.67. The first-order valence-electron chi connectivity index (χ1n) is 7.69. The second-order valence-electron chi connectivity index (χ2n) is 6.28. The van der Waals surface area contributed by atoms with Crippen LogP contribution < -0.4 is 15.8 Å². The smallest absolute Gasteiger partial charge is 0.260 e. The van der Waals surface area contributed by atoms with Gasteiger partial charge >= 0.3 is 0 Å². The number of rotatable bonds is 6. The quantitative estimate of drug-likeness (QED) is 0.844. The summed E-state index contributed by atoms with van der Waals surface area (Å²) in [6, 6.07) is 4.69. The molecule has 0 aromatic heterocycles. The monoisotopic (exact) mass is 290 g/mol. The van der Waals surface area contributed by atoms with Crippen LogP contribution in [0, 0.1) is 13.8 Å². The van der Waals surface area contributed by atoms with Crippen molar-refractivity contribution in [3.05, 3.63) is 28.8 Å². The van der Waals surface area contributed by atoms with E-state index in [0.29, 0.717) is 6.04 Å². The van der Waals surface area contributed by atoms with Crippen LogP contribution >= 0.6 is 0 Å². The van der Waals surface area contributed by atoms with E-state index in [1.165, 1.54) is 5.56 Å². The summed E-state index contributed by atoms with van der Waals surface area (Å²) in [6.45, 7) is 7.82. The van der Waals surface area contributed by atoms with Crippen molar-refractivity contribution in [2.24, 2.45) is 5.73 Å². The predicted molar refractivity (Wildman–Crippen MR) is 84.5 cm³/mol. The highest BCUT2D eigenvalue weighted by atomic mass is 16.5. The molecule has 0 aliphatic heterocycles. The van der Waals surface area contributed by atoms with Crippen molar-refractivity contribution < 1.29 is 9.53 Å². The summed E-state index contributed by atoms with van der Waals surface area (Å²) in [5.74, 6) is 0.776. The first kappa shape index (κ1) is 15.8. The van der Waals surface area contributed by atoms with Gasteiger partial charge in [-0.3, -0.25) is 4.79 Å². The van der Waals surface area contributed by atoms with Crippen LogP contribution in [0.15, 0.2) is 12.1 Å². The molecule has 2 atom stereocenters. The molecule has 0 saturated heterocycles. The third kappa shape index (κ3) is 4.46. The van der Waals surface area contributed by atoms with E-state index >= 15 is 0 Å². The molecule has 21 heavy (non-hydrogen) atoms. The molecule has 4 nitrogen and oxygen atoms in total. The molecule has 1 aromatic carbocycles. The van der Waals surface area contributed by atoms with E-state index in [0.717, 1.165) is 36.1 Å². The lowest BCUT2D eigenvalue weighted by Gasteiger charge is -2.19. The number of hydrogen-bond acceptors (Lipinski definition) is 3. The molecule has 0 radical (unpaired) electrons. The van der Waals surface area contributed by atoms with E-state index in [2.05, 4.69) is 17.4 Å². The van der Waals surface area contributed by atoms with Crippen molar-refractivity contribution in [3.8, 4) is 5.75 Å². The average Bonchev–Trinajstić information content (AvgIpc) is 3.16. The number of benzene rings is 1. The highest BCUT2D eigenvalue weighted by molar-refractivity contribution is 5.81. The maximum Gasteiger partial charge on any atom is 0.260 e. The zero-order valence-corrected chi connectivity index (χ0v) is 13.4. The largest absolute Gasteiger partial charge is 0.480 e. The molecule has 3 N–H and O–H groups in total. The van der Waals surface area contributed by atoms with E-state index in [9.17, 15) is 4.79 Å². The van der Waals surface area contributed by atoms with Crippen molar-refractivity contribution in [2.45, 2.75) is 65.1 Å². The van der Waals surface area contributed by atoms with Crippen molar-refractivity contribution in [3.63, 3.8) is 0 Å². The Labute approximate surface area is 127 Å². The van der Waals surface area contributed by atoms with Crippen LogP contribution in [0.4, 0.5) is 0 Å². The van der Waals surface area contributed by atoms with Gasteiger partial charge in [-0.05, 0) is 63.6 Å². The topological polar surface area (TPSA) is 64.3 Å². The van der Waals surface area contributed by atoms with Crippen LogP contribution in [-0.2, 0) is 11.2 Å². The Morgan fingerprint density at radius 1 is 1.33 bits per heavy atom. The second kappa shape index (κ2) is 6.48. The first-order chi connectivity index (χ1) is 9.86. The van der Waals surface area contributed by atoms with Crippen LogP contribution in [0.2, 0.25) is 0 Å². The van der Waals surface area contributed by atoms with Gasteiger partial charge in [0.05, 0.1) is 0 Å². The Balaban J connectivity index is 2.06. The molecule has 4 heteroatoms. The van der Waals surface area contributed by atoms with Gasteiger partial charge in [0.15, 0.2) is 6.10 Å². The van der Waals surface area contributed by atoms with Gasteiger partial charge in [0.25, 0.3) is 5.91 Å². The fourth-order valence-corrected chi connectivity index (χ4v) is 2.49. The van der Waals surface area contributed by atoms with Crippen LogP contribution in [0.1, 0.15) is 43.4 Å². The molecule has 2 rings (SSSR count). The molecule has 1 amide bonds. The number of aryl methyl sites for hydroxylation is 2. The number of hydrogen-bond donors (Lipinski definition) is 2. The summed E-state index contributed by atoms with van der Waals surface area (Å²) < 4.78 is 5.88. The van der Waals surface area contributed by atoms with E-state index in [4.69, 9.17) is 10.5 Å². The molecule has 0 spiro atoms. The molecule has 1 fully saturated rings. The number of amides is 1. The van der Waals surface area contributed by atoms with Crippen LogP contribution in [0.5, 0.6) is 5.75 Å². The zero-order valence-electron chi connectivity index (χ0n) is 13.4. The molecular formula is C17H26N2O2. The predicted octanol–water partition coefficient (Wildman–Crippen LogP) is 2.24. The summed E-state index contributed by atoms with van der Waals surface area (Å²) >= 11 is 0. The lowest BCUT2D eigenvalue weighted by Crippen LogP contribution is -2.37. The summed E-state index contributed by atoms with van der Waals surface area (Å²) in [7, 11) is 0. The maximum atomic E-state index is 12.0. The van der Waals surface area contributed by atoms with Gasteiger partial charge in [0.1, 0.15) is 5.75 Å². The summed E-state index contributed by atoms with van der Waals surface area (Å²) in [6.07, 6.45) is 2.55. The summed E-state index contributed by atoms with van der Waals surface area (Å²) in [5, 5.41) is 2.97. The van der Waals surface area contributed by atoms with Gasteiger partial charge in [-0.15, -0.1) is 0 Å². The first-order valence-corrected chi connectivity index (χ1v) is 7.69. The number of carbonyl (C=O) groups is 1. The molecule has 1 aromatic rings. The number of carbonyl (C=O) groups excluding carboxylic acids is 1. The van der Waals surface area contributed by atoms with E-state index in [1.54, 1.807) is 6.92 Å². The Hall–Kier alpha value is -1.55. The molecule has 2 unspecified atom stereocenters. The molecule has 116 valence electrons. The lowest BCUT2D eigenvalue weighted by molar-refractivity contribution is -0.127. The number of ether oxygens (including phenoxy) is 1. The van der Waals surface area contributed by atoms with Crippen LogP contribution in [0.3, 0.4) is 0 Å². The minimum atomic E-state index is -0.470. The Kier molecular flexibility index (Phi) is 4.88. The van der Waals surface area contributed by atoms with E-state index < -0.39 is 6.10 Å². The molecule has 1 saturated carbocycles. The highest BCUT2D eigenvalue weighted by Gasteiger charge is 2.26. The van der Waals surface area contributed by atoms with Crippen molar-refractivity contribution in [1.29, 1.82) is 0 Å². The molecule has 0 heterocycles. The SMILES string of the molecule is Cc1cc(CC(C)N)cc(C)c1OC(C)C(=O)NC1CC1. The number of nitrogens with two attached hydrogens (primary N) is 1. The second-order valence-corrected chi connectivity index (χ2v) is 6.28. The van der Waals surface area contributed by atoms with Crippen LogP contribution in [-0.4, -0.2) is 24.1 Å². The maximum absolute atomic E-state index is 12.0. The van der Waals surface area contributed by atoms with Crippen molar-refractivity contribution in [2.75, 3.05) is 0 Å². The van der Waals surface area contributed by atoms with Crippen LogP contribution in [0.25, 0.3) is 0 Å². The Morgan fingerprint density at radius 2 is 1.90 bits per heavy atom. The minimum absolute atomic E-state index is 0.0315. The fourth-order valence-electron chi connectivity index (χ4n) is 2.49. The highest BCUT2D eigenvalue weighted by Crippen LogP contribution is 2.27. The average molecular weight is 290 g/mol. The van der Waals surface area contributed by atoms with Crippen molar-refractivity contribution in [1.82, 2.24) is 5.32 Å². The fraction of sp³-hybridized carbons (Fsp3) is 0.588.